The number of nitrogens with one attached hydrogen (secondary N) is 4. The van der Waals surface area contributed by atoms with Crippen molar-refractivity contribution in [3.8, 4) is 5.75 Å². The number of nitrogens with zero attached hydrogens (tertiary/aromatic N) is 2. The molecule has 2 aliphatic rings. The first kappa shape index (κ1) is 41.9. The zero-order chi connectivity index (χ0) is 38.9. The number of para-hydroxylation sites is 1. The summed E-state index contributed by atoms with van der Waals surface area (Å²) >= 11 is 0. The van der Waals surface area contributed by atoms with E-state index in [1.807, 2.05) is 34.6 Å². The van der Waals surface area contributed by atoms with Crippen molar-refractivity contribution in [2.45, 2.75) is 98.9 Å². The molecule has 0 aromatic heterocycles. The summed E-state index contributed by atoms with van der Waals surface area (Å²) in [6.07, 6.45) is -2.77. The molecule has 16 heteroatoms. The summed E-state index contributed by atoms with van der Waals surface area (Å²) < 4.78 is 58.1. The third-order valence-corrected chi connectivity index (χ3v) is 11.5. The lowest BCUT2D eigenvalue weighted by Gasteiger charge is -2.39. The van der Waals surface area contributed by atoms with Crippen LogP contribution in [0.3, 0.4) is 0 Å². The molecule has 0 bridgehead atoms. The van der Waals surface area contributed by atoms with Gasteiger partial charge in [0.15, 0.2) is 0 Å². The normalized spacial score (nSPS) is 21.7. The molecule has 0 spiro atoms. The van der Waals surface area contributed by atoms with Crippen LogP contribution in [0.2, 0.25) is 0 Å². The Morgan fingerprint density at radius 3 is 2.16 bits per heavy atom. The third-order valence-electron chi connectivity index (χ3n) is 10.2. The van der Waals surface area contributed by atoms with E-state index in [4.69, 9.17) is 4.74 Å². The number of hydrogen-bond acceptors (Lipinski definition) is 7. The van der Waals surface area contributed by atoms with Crippen molar-refractivity contribution in [1.29, 1.82) is 0 Å². The first-order valence-corrected chi connectivity index (χ1v) is 18.9. The highest BCUT2D eigenvalue weighted by atomic mass is 32.2. The van der Waals surface area contributed by atoms with Crippen molar-refractivity contribution in [1.82, 2.24) is 30.5 Å². The number of likely N-dealkylation sites (tertiary alicyclic amines) is 1. The van der Waals surface area contributed by atoms with Gasteiger partial charge in [0.05, 0.1) is 13.4 Å². The maximum absolute atomic E-state index is 14.3. The Morgan fingerprint density at radius 2 is 1.63 bits per heavy atom. The number of amides is 5. The van der Waals surface area contributed by atoms with E-state index in [0.717, 1.165) is 10.6 Å². The van der Waals surface area contributed by atoms with Crippen LogP contribution in [0.1, 0.15) is 67.4 Å². The highest BCUT2D eigenvalue weighted by Gasteiger charge is 2.70. The quantitative estimate of drug-likeness (QED) is 0.228. The van der Waals surface area contributed by atoms with E-state index >= 15 is 0 Å². The summed E-state index contributed by atoms with van der Waals surface area (Å²) in [4.78, 5) is 56.4. The topological polar surface area (TPSA) is 166 Å². The molecular formula is C35H56F2N6O7S. The molecule has 1 aromatic carbocycles. The molecule has 4 N–H and O–H groups in total. The van der Waals surface area contributed by atoms with Crippen LogP contribution in [0.5, 0.6) is 5.75 Å². The fourth-order valence-electron chi connectivity index (χ4n) is 6.71. The minimum absolute atomic E-state index is 0.0110. The number of likely N-dealkylation sites (N-methyl/N-ethyl adjacent to an activating group) is 1. The van der Waals surface area contributed by atoms with Crippen LogP contribution in [0, 0.1) is 28.1 Å². The lowest BCUT2D eigenvalue weighted by atomic mass is 9.85. The molecule has 51 heavy (non-hydrogen) atoms. The van der Waals surface area contributed by atoms with Crippen molar-refractivity contribution in [2.24, 2.45) is 28.1 Å². The number of rotatable bonds is 14. The van der Waals surface area contributed by atoms with Crippen LogP contribution in [0.25, 0.3) is 0 Å². The number of piperidine rings is 1. The number of sulfonamides is 1. The summed E-state index contributed by atoms with van der Waals surface area (Å²) in [5.74, 6) is -1.92. The van der Waals surface area contributed by atoms with Crippen LogP contribution in [0.15, 0.2) is 24.3 Å². The Labute approximate surface area is 301 Å². The van der Waals surface area contributed by atoms with Gasteiger partial charge in [0.25, 0.3) is 0 Å². The second-order valence-corrected chi connectivity index (χ2v) is 18.6. The Balaban J connectivity index is 1.83. The van der Waals surface area contributed by atoms with Crippen LogP contribution in [-0.2, 0) is 31.0 Å². The highest BCUT2D eigenvalue weighted by molar-refractivity contribution is 7.88. The maximum Gasteiger partial charge on any atom is 0.315 e. The van der Waals surface area contributed by atoms with Gasteiger partial charge in [-0.05, 0) is 34.1 Å². The van der Waals surface area contributed by atoms with E-state index in [1.54, 1.807) is 45.0 Å². The van der Waals surface area contributed by atoms with Crippen LogP contribution < -0.4 is 26.0 Å². The Hall–Kier alpha value is -3.53. The van der Waals surface area contributed by atoms with E-state index in [1.165, 1.54) is 19.1 Å². The van der Waals surface area contributed by atoms with E-state index in [9.17, 15) is 36.4 Å². The molecule has 0 radical (unpaired) electrons. The molecule has 288 valence electrons. The number of methoxy groups -OCH3 is 1. The maximum atomic E-state index is 14.3. The number of alkyl halides is 2. The zero-order valence-electron chi connectivity index (χ0n) is 31.6. The van der Waals surface area contributed by atoms with Crippen molar-refractivity contribution < 1.29 is 41.1 Å². The van der Waals surface area contributed by atoms with Gasteiger partial charge in [0.2, 0.25) is 34.2 Å². The van der Waals surface area contributed by atoms with Gasteiger partial charge in [-0.3, -0.25) is 14.4 Å². The van der Waals surface area contributed by atoms with Crippen molar-refractivity contribution in [2.75, 3.05) is 33.5 Å². The Morgan fingerprint density at radius 1 is 1.02 bits per heavy atom. The standard InChI is InChI=1S/C35H56F2N6O7S/c1-33(2,3)24(19-42(9)51(11,48)49)40-32(47)41-28(34(4,5)6)31(46)43-18-21-26(35(21,7)8)27(43)30(45)39-22(16-25(36)37)29(44)38-17-20-14-12-13-15-23(20)50-10/h12-15,21-22,24-28H,16-19H2,1-11H3,(H,38,44)(H,39,45)(H2,40,41,47)/t21-,22-,24+,26-,27-,28+/m0/s1. The van der Waals surface area contributed by atoms with E-state index in [-0.39, 0.29) is 36.9 Å². The number of hydrogen-bond donors (Lipinski definition) is 4. The molecular weight excluding hydrogens is 686 g/mol. The summed E-state index contributed by atoms with van der Waals surface area (Å²) in [5, 5.41) is 10.7. The Kier molecular flexibility index (Phi) is 12.8. The molecule has 5 amide bonds. The fourth-order valence-corrected chi connectivity index (χ4v) is 7.13. The van der Waals surface area contributed by atoms with Gasteiger partial charge in [-0.1, -0.05) is 73.6 Å². The first-order valence-electron chi connectivity index (χ1n) is 17.1. The van der Waals surface area contributed by atoms with E-state index in [2.05, 4.69) is 21.3 Å². The predicted molar refractivity (Wildman–Crippen MR) is 189 cm³/mol. The molecule has 2 fully saturated rings. The number of urea groups is 1. The molecule has 1 heterocycles. The minimum atomic E-state index is -3.54. The number of ether oxygens (including phenoxy) is 1. The van der Waals surface area contributed by atoms with Gasteiger partial charge in [-0.15, -0.1) is 0 Å². The van der Waals surface area contributed by atoms with Gasteiger partial charge in [-0.25, -0.2) is 26.3 Å². The number of halogens is 2. The lowest BCUT2D eigenvalue weighted by Crippen LogP contribution is -2.62. The highest BCUT2D eigenvalue weighted by Crippen LogP contribution is 2.65. The van der Waals surface area contributed by atoms with Crippen LogP contribution in [-0.4, -0.2) is 105 Å². The molecule has 1 saturated carbocycles. The molecule has 0 unspecified atom stereocenters. The number of benzene rings is 1. The average Bonchev–Trinajstić information content (AvgIpc) is 3.31. The second-order valence-electron chi connectivity index (χ2n) is 16.5. The molecule has 6 atom stereocenters. The SMILES string of the molecule is COc1ccccc1CNC(=O)[C@H](CC(F)F)NC(=O)[C@@H]1[C@@H]2[C@H](CN1C(=O)[C@@H](NC(=O)N[C@H](CN(C)S(C)(=O)=O)C(C)(C)C)C(C)(C)C)C2(C)C. The zero-order valence-corrected chi connectivity index (χ0v) is 32.4. The van der Waals surface area contributed by atoms with Gasteiger partial charge in [0, 0.05) is 44.7 Å². The molecule has 3 rings (SSSR count). The number of carbonyl (C=O) groups excluding carboxylic acids is 4. The van der Waals surface area contributed by atoms with Crippen molar-refractivity contribution in [3.63, 3.8) is 0 Å². The summed E-state index contributed by atoms with van der Waals surface area (Å²) in [6, 6.07) is 1.81. The van der Waals surface area contributed by atoms with E-state index in [0.29, 0.717) is 11.3 Å². The van der Waals surface area contributed by atoms with E-state index < -0.39 is 81.6 Å². The fraction of sp³-hybridized carbons (Fsp3) is 0.714. The molecule has 1 aromatic rings. The van der Waals surface area contributed by atoms with Crippen LogP contribution >= 0.6 is 0 Å². The molecule has 1 saturated heterocycles. The smallest absolute Gasteiger partial charge is 0.315 e. The Bertz CT molecular complexity index is 1560. The monoisotopic (exact) mass is 742 g/mol. The van der Waals surface area contributed by atoms with Crippen molar-refractivity contribution in [3.05, 3.63) is 29.8 Å². The minimum Gasteiger partial charge on any atom is -0.496 e. The number of fused-ring (bicyclic) bond motifs is 1. The molecule has 13 nitrogen and oxygen atoms in total. The lowest BCUT2D eigenvalue weighted by molar-refractivity contribution is -0.144. The van der Waals surface area contributed by atoms with Gasteiger partial charge < -0.3 is 30.9 Å². The molecule has 1 aliphatic heterocycles. The number of carbonyl (C=O) groups is 4. The van der Waals surface area contributed by atoms with Gasteiger partial charge in [-0.2, -0.15) is 0 Å². The summed E-state index contributed by atoms with van der Waals surface area (Å²) in [6.45, 7) is 14.9. The summed E-state index contributed by atoms with van der Waals surface area (Å²) in [7, 11) is -0.656. The van der Waals surface area contributed by atoms with Crippen molar-refractivity contribution >= 4 is 33.8 Å². The van der Waals surface area contributed by atoms with Gasteiger partial charge in [0.1, 0.15) is 23.9 Å². The molecule has 1 aliphatic carbocycles. The second kappa shape index (κ2) is 15.6. The largest absolute Gasteiger partial charge is 0.496 e. The average molecular weight is 743 g/mol. The van der Waals surface area contributed by atoms with Gasteiger partial charge >= 0.3 is 6.03 Å². The van der Waals surface area contributed by atoms with Crippen LogP contribution in [0.4, 0.5) is 13.6 Å². The predicted octanol–water partition coefficient (Wildman–Crippen LogP) is 2.95. The summed E-state index contributed by atoms with van der Waals surface area (Å²) in [5.41, 5.74) is -1.10. The first-order chi connectivity index (χ1) is 23.3. The third kappa shape index (κ3) is 10.3.